The van der Waals surface area contributed by atoms with Crippen LogP contribution in [0, 0.1) is 0 Å². The van der Waals surface area contributed by atoms with Gasteiger partial charge >= 0.3 is 5.97 Å². The summed E-state index contributed by atoms with van der Waals surface area (Å²) in [6.07, 6.45) is 0. The molecule has 0 heterocycles. The lowest BCUT2D eigenvalue weighted by Gasteiger charge is -2.04. The van der Waals surface area contributed by atoms with E-state index in [4.69, 9.17) is 4.74 Å². The standard InChI is InChI=1S/C5H9O2PS2/c1-3-7-5(6)4(2)10-8-9/h4H,3H2,1-2H3. The predicted octanol–water partition coefficient (Wildman–Crippen LogP) is 1.99. The molecule has 0 aliphatic rings. The minimum Gasteiger partial charge on any atom is -0.465 e. The molecular weight excluding hydrogens is 187 g/mol. The van der Waals surface area contributed by atoms with Crippen LogP contribution >= 0.6 is 17.9 Å². The molecule has 0 aromatic carbocycles. The Hall–Kier alpha value is 0.340. The van der Waals surface area contributed by atoms with Crippen molar-refractivity contribution >= 4 is 35.7 Å². The number of hydrogen-bond donors (Lipinski definition) is 0. The molecule has 1 unspecified atom stereocenters. The summed E-state index contributed by atoms with van der Waals surface area (Å²) in [5.41, 5.74) is 0. The molecule has 0 fully saturated rings. The van der Waals surface area contributed by atoms with Crippen molar-refractivity contribution in [3.8, 4) is 0 Å². The third-order valence-corrected chi connectivity index (χ3v) is 3.40. The van der Waals surface area contributed by atoms with Gasteiger partial charge in [0.25, 0.3) is 0 Å². The van der Waals surface area contributed by atoms with Crippen LogP contribution in [-0.2, 0) is 21.3 Å². The molecule has 10 heavy (non-hydrogen) atoms. The van der Waals surface area contributed by atoms with Crippen molar-refractivity contribution in [2.75, 3.05) is 6.61 Å². The van der Waals surface area contributed by atoms with Gasteiger partial charge in [0.2, 0.25) is 0 Å². The van der Waals surface area contributed by atoms with E-state index in [0.29, 0.717) is 6.61 Å². The average molecular weight is 196 g/mol. The monoisotopic (exact) mass is 196 g/mol. The van der Waals surface area contributed by atoms with Crippen molar-refractivity contribution in [3.05, 3.63) is 0 Å². The zero-order chi connectivity index (χ0) is 7.98. The first-order valence-corrected chi connectivity index (χ1v) is 6.26. The summed E-state index contributed by atoms with van der Waals surface area (Å²) < 4.78 is 4.75. The highest BCUT2D eigenvalue weighted by atomic mass is 32.9. The Balaban J connectivity index is 3.58. The van der Waals surface area contributed by atoms with Crippen LogP contribution in [0.3, 0.4) is 0 Å². The topological polar surface area (TPSA) is 26.3 Å². The summed E-state index contributed by atoms with van der Waals surface area (Å²) in [5, 5.41) is -0.126. The van der Waals surface area contributed by atoms with E-state index in [1.807, 2.05) is 0 Å². The van der Waals surface area contributed by atoms with Crippen molar-refractivity contribution in [1.29, 1.82) is 0 Å². The SMILES string of the molecule is CCOC(=O)C(C)SP=S. The molecule has 0 rings (SSSR count). The van der Waals surface area contributed by atoms with Gasteiger partial charge in [0, 0.05) is 6.56 Å². The third kappa shape index (κ3) is 4.20. The summed E-state index contributed by atoms with van der Waals surface area (Å²) in [4.78, 5) is 10.8. The summed E-state index contributed by atoms with van der Waals surface area (Å²) in [7, 11) is 0. The number of hydrogen-bond acceptors (Lipinski definition) is 4. The fourth-order valence-electron chi connectivity index (χ4n) is 0.367. The van der Waals surface area contributed by atoms with E-state index in [1.54, 1.807) is 13.8 Å². The van der Waals surface area contributed by atoms with Crippen molar-refractivity contribution in [3.63, 3.8) is 0 Å². The predicted molar refractivity (Wildman–Crippen MR) is 48.0 cm³/mol. The van der Waals surface area contributed by atoms with Gasteiger partial charge in [-0.2, -0.15) is 0 Å². The molecule has 0 bridgehead atoms. The molecule has 0 saturated heterocycles. The summed E-state index contributed by atoms with van der Waals surface area (Å²) in [6.45, 7) is 4.78. The Morgan fingerprint density at radius 3 is 2.90 bits per heavy atom. The fraction of sp³-hybridized carbons (Fsp3) is 0.800. The van der Waals surface area contributed by atoms with Gasteiger partial charge in [0.05, 0.1) is 6.61 Å². The van der Waals surface area contributed by atoms with Gasteiger partial charge in [-0.3, -0.25) is 4.79 Å². The highest BCUT2D eigenvalue weighted by molar-refractivity contribution is 8.58. The van der Waals surface area contributed by atoms with Crippen LogP contribution in [0.15, 0.2) is 0 Å². The zero-order valence-electron chi connectivity index (χ0n) is 5.86. The lowest BCUT2D eigenvalue weighted by Crippen LogP contribution is -2.15. The molecule has 0 aromatic rings. The molecule has 58 valence electrons. The van der Waals surface area contributed by atoms with Crippen LogP contribution in [0.1, 0.15) is 13.8 Å². The van der Waals surface area contributed by atoms with Crippen LogP contribution in [0.4, 0.5) is 0 Å². The maximum atomic E-state index is 10.8. The molecule has 0 spiro atoms. The lowest BCUT2D eigenvalue weighted by atomic mass is 10.5. The van der Waals surface area contributed by atoms with E-state index in [2.05, 4.69) is 11.8 Å². The van der Waals surface area contributed by atoms with Crippen LogP contribution in [0.5, 0.6) is 0 Å². The van der Waals surface area contributed by atoms with Crippen LogP contribution in [0.2, 0.25) is 0 Å². The van der Waals surface area contributed by atoms with Crippen LogP contribution in [-0.4, -0.2) is 17.8 Å². The molecule has 0 N–H and O–H groups in total. The van der Waals surface area contributed by atoms with E-state index in [9.17, 15) is 4.79 Å². The maximum absolute atomic E-state index is 10.8. The van der Waals surface area contributed by atoms with E-state index in [1.165, 1.54) is 11.4 Å². The zero-order valence-corrected chi connectivity index (χ0v) is 8.39. The molecular formula is C5H9O2PS2. The molecule has 0 aliphatic heterocycles. The van der Waals surface area contributed by atoms with E-state index < -0.39 is 0 Å². The quantitative estimate of drug-likeness (QED) is 0.507. The number of carbonyl (C=O) groups is 1. The van der Waals surface area contributed by atoms with Crippen molar-refractivity contribution in [1.82, 2.24) is 0 Å². The number of ether oxygens (including phenoxy) is 1. The highest BCUT2D eigenvalue weighted by Crippen LogP contribution is 2.24. The lowest BCUT2D eigenvalue weighted by molar-refractivity contribution is -0.142. The number of carbonyl (C=O) groups excluding carboxylic acids is 1. The first kappa shape index (κ1) is 10.3. The number of rotatable bonds is 4. The Labute approximate surface area is 71.3 Å². The summed E-state index contributed by atoms with van der Waals surface area (Å²) in [5.74, 6) is -0.176. The normalized spacial score (nSPS) is 13.0. The van der Waals surface area contributed by atoms with Gasteiger partial charge in [0.15, 0.2) is 0 Å². The molecule has 0 aromatic heterocycles. The van der Waals surface area contributed by atoms with Crippen molar-refractivity contribution < 1.29 is 9.53 Å². The first-order valence-electron chi connectivity index (χ1n) is 2.87. The summed E-state index contributed by atoms with van der Waals surface area (Å²) in [6, 6.07) is 0. The Kier molecular flexibility index (Phi) is 6.28. The largest absolute Gasteiger partial charge is 0.465 e. The van der Waals surface area contributed by atoms with Gasteiger partial charge in [-0.1, -0.05) is 11.4 Å². The van der Waals surface area contributed by atoms with E-state index in [-0.39, 0.29) is 11.2 Å². The molecule has 5 heteroatoms. The van der Waals surface area contributed by atoms with Gasteiger partial charge in [-0.15, -0.1) is 0 Å². The average Bonchev–Trinajstić information content (AvgIpc) is 1.89. The highest BCUT2D eigenvalue weighted by Gasteiger charge is 2.12. The molecule has 0 amide bonds. The fourth-order valence-corrected chi connectivity index (χ4v) is 2.46. The number of esters is 1. The molecule has 2 nitrogen and oxygen atoms in total. The maximum Gasteiger partial charge on any atom is 0.319 e. The van der Waals surface area contributed by atoms with Gasteiger partial charge in [0.1, 0.15) is 5.25 Å². The van der Waals surface area contributed by atoms with Crippen LogP contribution in [0.25, 0.3) is 0 Å². The molecule has 0 saturated carbocycles. The second-order valence-electron chi connectivity index (χ2n) is 1.57. The molecule has 1 atom stereocenters. The minimum absolute atomic E-state index is 0.126. The smallest absolute Gasteiger partial charge is 0.319 e. The first-order chi connectivity index (χ1) is 4.72. The van der Waals surface area contributed by atoms with Crippen molar-refractivity contribution in [2.45, 2.75) is 19.1 Å². The van der Waals surface area contributed by atoms with E-state index >= 15 is 0 Å². The van der Waals surface area contributed by atoms with Gasteiger partial charge < -0.3 is 4.74 Å². The van der Waals surface area contributed by atoms with Gasteiger partial charge in [-0.05, 0) is 25.7 Å². The second-order valence-corrected chi connectivity index (χ2v) is 5.06. The molecule has 0 radical (unpaired) electrons. The Bertz CT molecular complexity index is 129. The summed E-state index contributed by atoms with van der Waals surface area (Å²) >= 11 is 6.05. The third-order valence-electron chi connectivity index (χ3n) is 0.820. The Morgan fingerprint density at radius 1 is 1.90 bits per heavy atom. The second kappa shape index (κ2) is 6.08. The minimum atomic E-state index is -0.176. The van der Waals surface area contributed by atoms with Crippen molar-refractivity contribution in [2.24, 2.45) is 0 Å². The Morgan fingerprint density at radius 2 is 2.50 bits per heavy atom. The molecule has 0 aliphatic carbocycles. The van der Waals surface area contributed by atoms with Gasteiger partial charge in [-0.25, -0.2) is 0 Å². The van der Waals surface area contributed by atoms with Crippen LogP contribution < -0.4 is 0 Å². The van der Waals surface area contributed by atoms with E-state index in [0.717, 1.165) is 6.56 Å².